The minimum absolute atomic E-state index is 0.503. The van der Waals surface area contributed by atoms with E-state index in [9.17, 15) is 0 Å². The lowest BCUT2D eigenvalue weighted by Gasteiger charge is -2.54. The molecule has 0 atom stereocenters. The fourth-order valence-electron chi connectivity index (χ4n) is 4.47. The van der Waals surface area contributed by atoms with Crippen LogP contribution in [0.3, 0.4) is 0 Å². The Morgan fingerprint density at radius 3 is 2.00 bits per heavy atom. The maximum atomic E-state index is 5.81. The second-order valence-corrected chi connectivity index (χ2v) is 6.87. The molecule has 0 heterocycles. The van der Waals surface area contributed by atoms with Crippen molar-refractivity contribution in [2.75, 3.05) is 6.54 Å². The average Bonchev–Trinajstić information content (AvgIpc) is 2.49. The first kappa shape index (κ1) is 13.2. The highest BCUT2D eigenvalue weighted by atomic mass is 14.6. The van der Waals surface area contributed by atoms with E-state index in [1.54, 1.807) is 5.56 Å². The second-order valence-electron chi connectivity index (χ2n) is 6.87. The zero-order valence-electron chi connectivity index (χ0n) is 12.3. The van der Waals surface area contributed by atoms with Crippen LogP contribution < -0.4 is 5.73 Å². The molecule has 19 heavy (non-hydrogen) atoms. The number of benzene rings is 1. The van der Waals surface area contributed by atoms with Crippen LogP contribution in [0.4, 0.5) is 0 Å². The molecule has 0 saturated heterocycles. The zero-order valence-corrected chi connectivity index (χ0v) is 12.3. The third-order valence-electron chi connectivity index (χ3n) is 6.05. The normalized spacial score (nSPS) is 33.6. The molecular weight excluding hydrogens is 230 g/mol. The van der Waals surface area contributed by atoms with Crippen molar-refractivity contribution in [2.24, 2.45) is 11.1 Å². The standard InChI is InChI=1S/C18H27N/c1-2-15-3-5-16(6-4-15)18-10-7-17(8-11-18,9-12-18)13-14-19/h3-6H,2,7-14,19H2,1H3. The number of aryl methyl sites for hydroxylation is 1. The minimum atomic E-state index is 0.503. The molecule has 0 radical (unpaired) electrons. The van der Waals surface area contributed by atoms with Gasteiger partial charge in [0.25, 0.3) is 0 Å². The molecule has 3 fully saturated rings. The van der Waals surface area contributed by atoms with Crippen LogP contribution in [0.1, 0.15) is 63.0 Å². The molecule has 104 valence electrons. The number of rotatable bonds is 4. The molecule has 1 aromatic carbocycles. The van der Waals surface area contributed by atoms with Gasteiger partial charge < -0.3 is 5.73 Å². The van der Waals surface area contributed by atoms with Gasteiger partial charge in [-0.1, -0.05) is 31.2 Å². The largest absolute Gasteiger partial charge is 0.330 e. The van der Waals surface area contributed by atoms with Gasteiger partial charge in [-0.05, 0) is 79.9 Å². The molecule has 2 N–H and O–H groups in total. The van der Waals surface area contributed by atoms with Gasteiger partial charge in [0.1, 0.15) is 0 Å². The van der Waals surface area contributed by atoms with Crippen LogP contribution in [0.5, 0.6) is 0 Å². The van der Waals surface area contributed by atoms with E-state index in [-0.39, 0.29) is 0 Å². The maximum absolute atomic E-state index is 5.81. The van der Waals surface area contributed by atoms with Gasteiger partial charge in [-0.15, -0.1) is 0 Å². The summed E-state index contributed by atoms with van der Waals surface area (Å²) in [5.74, 6) is 0. The van der Waals surface area contributed by atoms with Crippen molar-refractivity contribution >= 4 is 0 Å². The number of nitrogens with two attached hydrogens (primary N) is 1. The number of fused-ring (bicyclic) bond motifs is 3. The highest BCUT2D eigenvalue weighted by Gasteiger charge is 2.48. The van der Waals surface area contributed by atoms with Gasteiger partial charge in [-0.3, -0.25) is 0 Å². The molecular formula is C18H27N. The van der Waals surface area contributed by atoms with Crippen molar-refractivity contribution in [1.29, 1.82) is 0 Å². The van der Waals surface area contributed by atoms with E-state index in [0.717, 1.165) is 13.0 Å². The Bertz CT molecular complexity index is 407. The Hall–Kier alpha value is -0.820. The molecule has 3 aliphatic carbocycles. The zero-order chi connectivity index (χ0) is 13.3. The van der Waals surface area contributed by atoms with Gasteiger partial charge in [0.2, 0.25) is 0 Å². The van der Waals surface area contributed by atoms with E-state index in [1.165, 1.54) is 50.5 Å². The molecule has 4 rings (SSSR count). The SMILES string of the molecule is CCc1ccc(C23CCC(CCN)(CC2)CC3)cc1. The first-order chi connectivity index (χ1) is 9.22. The van der Waals surface area contributed by atoms with Gasteiger partial charge in [-0.2, -0.15) is 0 Å². The highest BCUT2D eigenvalue weighted by molar-refractivity contribution is 5.31. The Kier molecular flexibility index (Phi) is 3.42. The Morgan fingerprint density at radius 2 is 1.53 bits per heavy atom. The molecule has 1 aromatic rings. The number of hydrogen-bond donors (Lipinski definition) is 1. The van der Waals surface area contributed by atoms with Crippen molar-refractivity contribution in [1.82, 2.24) is 0 Å². The first-order valence-electron chi connectivity index (χ1n) is 8.02. The lowest BCUT2D eigenvalue weighted by atomic mass is 9.51. The van der Waals surface area contributed by atoms with Gasteiger partial charge in [-0.25, -0.2) is 0 Å². The van der Waals surface area contributed by atoms with Crippen LogP contribution in [0, 0.1) is 5.41 Å². The molecule has 0 aliphatic heterocycles. The summed E-state index contributed by atoms with van der Waals surface area (Å²) in [5, 5.41) is 0. The molecule has 2 bridgehead atoms. The Morgan fingerprint density at radius 1 is 0.947 bits per heavy atom. The Balaban J connectivity index is 1.79. The first-order valence-corrected chi connectivity index (χ1v) is 8.02. The summed E-state index contributed by atoms with van der Waals surface area (Å²) in [6.45, 7) is 3.11. The highest BCUT2D eigenvalue weighted by Crippen LogP contribution is 2.58. The van der Waals surface area contributed by atoms with E-state index >= 15 is 0 Å². The van der Waals surface area contributed by atoms with E-state index in [0.29, 0.717) is 10.8 Å². The average molecular weight is 257 g/mol. The van der Waals surface area contributed by atoms with Crippen LogP contribution >= 0.6 is 0 Å². The van der Waals surface area contributed by atoms with Crippen molar-refractivity contribution in [3.63, 3.8) is 0 Å². The predicted octanol–water partition coefficient (Wildman–Crippen LogP) is 4.19. The molecule has 0 amide bonds. The minimum Gasteiger partial charge on any atom is -0.330 e. The van der Waals surface area contributed by atoms with Crippen molar-refractivity contribution in [3.05, 3.63) is 35.4 Å². The fraction of sp³-hybridized carbons (Fsp3) is 0.667. The van der Waals surface area contributed by atoms with Gasteiger partial charge in [0.15, 0.2) is 0 Å². The van der Waals surface area contributed by atoms with Gasteiger partial charge >= 0.3 is 0 Å². The third kappa shape index (κ3) is 2.23. The summed E-state index contributed by atoms with van der Waals surface area (Å²) in [6, 6.07) is 9.47. The molecule has 3 saturated carbocycles. The summed E-state index contributed by atoms with van der Waals surface area (Å²) in [7, 11) is 0. The monoisotopic (exact) mass is 257 g/mol. The van der Waals surface area contributed by atoms with Crippen LogP contribution in [0.25, 0.3) is 0 Å². The van der Waals surface area contributed by atoms with Gasteiger partial charge in [0, 0.05) is 0 Å². The summed E-state index contributed by atoms with van der Waals surface area (Å²) in [5.41, 5.74) is 9.99. The predicted molar refractivity (Wildman–Crippen MR) is 81.3 cm³/mol. The van der Waals surface area contributed by atoms with Crippen molar-refractivity contribution < 1.29 is 0 Å². The number of hydrogen-bond acceptors (Lipinski definition) is 1. The summed E-state index contributed by atoms with van der Waals surface area (Å²) in [4.78, 5) is 0. The summed E-state index contributed by atoms with van der Waals surface area (Å²) < 4.78 is 0. The lowest BCUT2D eigenvalue weighted by Crippen LogP contribution is -2.44. The second kappa shape index (κ2) is 4.94. The fourth-order valence-corrected chi connectivity index (χ4v) is 4.47. The molecule has 1 nitrogen and oxygen atoms in total. The van der Waals surface area contributed by atoms with E-state index in [2.05, 4.69) is 31.2 Å². The molecule has 0 spiro atoms. The van der Waals surface area contributed by atoms with E-state index in [4.69, 9.17) is 5.73 Å². The Labute approximate surface area is 117 Å². The molecule has 0 unspecified atom stereocenters. The van der Waals surface area contributed by atoms with Gasteiger partial charge in [0.05, 0.1) is 0 Å². The van der Waals surface area contributed by atoms with Crippen molar-refractivity contribution in [2.45, 2.75) is 63.7 Å². The summed E-state index contributed by atoms with van der Waals surface area (Å²) >= 11 is 0. The summed E-state index contributed by atoms with van der Waals surface area (Å²) in [6.07, 6.45) is 10.8. The van der Waals surface area contributed by atoms with E-state index < -0.39 is 0 Å². The van der Waals surface area contributed by atoms with Crippen LogP contribution in [0.15, 0.2) is 24.3 Å². The third-order valence-corrected chi connectivity index (χ3v) is 6.05. The van der Waals surface area contributed by atoms with Crippen molar-refractivity contribution in [3.8, 4) is 0 Å². The smallest absolute Gasteiger partial charge is 0.00463 e. The van der Waals surface area contributed by atoms with Crippen LogP contribution in [-0.4, -0.2) is 6.54 Å². The molecule has 0 aromatic heterocycles. The lowest BCUT2D eigenvalue weighted by molar-refractivity contribution is 0.0346. The topological polar surface area (TPSA) is 26.0 Å². The quantitative estimate of drug-likeness (QED) is 0.860. The maximum Gasteiger partial charge on any atom is -0.00463 e. The molecule has 1 heteroatoms. The molecule has 3 aliphatic rings. The van der Waals surface area contributed by atoms with Crippen LogP contribution in [0.2, 0.25) is 0 Å². The van der Waals surface area contributed by atoms with E-state index in [1.807, 2.05) is 0 Å². The van der Waals surface area contributed by atoms with Crippen LogP contribution in [-0.2, 0) is 11.8 Å².